The van der Waals surface area contributed by atoms with E-state index in [1.165, 1.54) is 0 Å². The van der Waals surface area contributed by atoms with Gasteiger partial charge in [-0.3, -0.25) is 0 Å². The molecular weight excluding hydrogens is 220 g/mol. The summed E-state index contributed by atoms with van der Waals surface area (Å²) in [5.74, 6) is -0.834. The van der Waals surface area contributed by atoms with Crippen LogP contribution in [0.2, 0.25) is 0 Å². The molecule has 5 nitrogen and oxygen atoms in total. The molecule has 0 amide bonds. The van der Waals surface area contributed by atoms with Crippen LogP contribution in [0.3, 0.4) is 0 Å². The largest absolute Gasteiger partial charge is 0.391 e. The van der Waals surface area contributed by atoms with Crippen molar-refractivity contribution in [3.63, 3.8) is 0 Å². The fourth-order valence-corrected chi connectivity index (χ4v) is 1.46. The van der Waals surface area contributed by atoms with E-state index in [9.17, 15) is 9.59 Å². The number of carbonyl (C=O) groups excluding carboxylic acids is 2. The summed E-state index contributed by atoms with van der Waals surface area (Å²) < 4.78 is 4.65. The van der Waals surface area contributed by atoms with E-state index < -0.39 is 24.0 Å². The lowest BCUT2D eigenvalue weighted by molar-refractivity contribution is -0.162. The average molecular weight is 244 g/mol. The molecule has 0 fully saturated rings. The quantitative estimate of drug-likeness (QED) is 0.532. The molecule has 0 aromatic heterocycles. The molecule has 0 rings (SSSR count). The van der Waals surface area contributed by atoms with E-state index in [4.69, 9.17) is 11.5 Å². The number of nitrogens with two attached hydrogens (primary N) is 2. The first kappa shape index (κ1) is 16.1. The molecule has 0 aromatic carbocycles. The minimum atomic E-state index is -0.759. The van der Waals surface area contributed by atoms with Crippen molar-refractivity contribution in [3.8, 4) is 0 Å². The van der Waals surface area contributed by atoms with Crippen LogP contribution in [0.5, 0.6) is 0 Å². The molecule has 0 saturated carbocycles. The van der Waals surface area contributed by atoms with Gasteiger partial charge in [0.1, 0.15) is 12.1 Å². The molecule has 2 atom stereocenters. The fourth-order valence-electron chi connectivity index (χ4n) is 1.46. The highest BCUT2D eigenvalue weighted by Gasteiger charge is 2.24. The average Bonchev–Trinajstić information content (AvgIpc) is 2.15. The molecule has 0 aliphatic carbocycles. The summed E-state index contributed by atoms with van der Waals surface area (Å²) in [5.41, 5.74) is 11.2. The van der Waals surface area contributed by atoms with Crippen molar-refractivity contribution in [2.75, 3.05) is 0 Å². The van der Waals surface area contributed by atoms with Gasteiger partial charge in [-0.1, -0.05) is 27.7 Å². The zero-order valence-corrected chi connectivity index (χ0v) is 11.1. The number of esters is 2. The van der Waals surface area contributed by atoms with E-state index in [-0.39, 0.29) is 11.8 Å². The van der Waals surface area contributed by atoms with Crippen molar-refractivity contribution in [1.29, 1.82) is 0 Å². The van der Waals surface area contributed by atoms with Crippen LogP contribution < -0.4 is 11.5 Å². The Morgan fingerprint density at radius 1 is 0.882 bits per heavy atom. The predicted molar refractivity (Wildman–Crippen MR) is 66.0 cm³/mol. The molecule has 0 aliphatic rings. The monoisotopic (exact) mass is 244 g/mol. The summed E-state index contributed by atoms with van der Waals surface area (Å²) in [5, 5.41) is 0. The summed E-state index contributed by atoms with van der Waals surface area (Å²) in [6, 6.07) is -1.52. The Labute approximate surface area is 103 Å². The van der Waals surface area contributed by atoms with Crippen molar-refractivity contribution in [2.45, 2.75) is 52.6 Å². The number of rotatable bonds is 6. The Morgan fingerprint density at radius 2 is 1.18 bits per heavy atom. The topological polar surface area (TPSA) is 95.4 Å². The highest BCUT2D eigenvalue weighted by atomic mass is 16.6. The maximum atomic E-state index is 11.5. The van der Waals surface area contributed by atoms with Crippen molar-refractivity contribution in [3.05, 3.63) is 0 Å². The summed E-state index contributed by atoms with van der Waals surface area (Å²) in [6.45, 7) is 7.78. The first-order valence-corrected chi connectivity index (χ1v) is 6.00. The van der Waals surface area contributed by atoms with Crippen molar-refractivity contribution < 1.29 is 14.3 Å². The zero-order chi connectivity index (χ0) is 13.6. The molecule has 0 aromatic rings. The smallest absolute Gasteiger partial charge is 0.330 e. The van der Waals surface area contributed by atoms with Gasteiger partial charge in [0.2, 0.25) is 0 Å². The molecule has 5 heteroatoms. The third-order valence-corrected chi connectivity index (χ3v) is 2.26. The van der Waals surface area contributed by atoms with Gasteiger partial charge in [-0.05, 0) is 24.7 Å². The maximum absolute atomic E-state index is 11.5. The Bertz CT molecular complexity index is 238. The molecule has 100 valence electrons. The van der Waals surface area contributed by atoms with Crippen LogP contribution in [-0.2, 0) is 14.3 Å². The molecular formula is C12H24N2O3. The van der Waals surface area contributed by atoms with Gasteiger partial charge in [-0.2, -0.15) is 0 Å². The highest BCUT2D eigenvalue weighted by Crippen LogP contribution is 2.07. The number of carbonyl (C=O) groups is 2. The minimum absolute atomic E-state index is 0.275. The number of hydrogen-bond donors (Lipinski definition) is 2. The van der Waals surface area contributed by atoms with Gasteiger partial charge in [0, 0.05) is 0 Å². The summed E-state index contributed by atoms with van der Waals surface area (Å²) in [7, 11) is 0. The zero-order valence-electron chi connectivity index (χ0n) is 11.1. The summed E-state index contributed by atoms with van der Waals surface area (Å²) >= 11 is 0. The first-order valence-electron chi connectivity index (χ1n) is 6.00. The molecule has 0 spiro atoms. The lowest BCUT2D eigenvalue weighted by Crippen LogP contribution is -2.40. The second kappa shape index (κ2) is 7.40. The summed E-state index contributed by atoms with van der Waals surface area (Å²) in [4.78, 5) is 22.9. The van der Waals surface area contributed by atoms with Gasteiger partial charge in [0.15, 0.2) is 0 Å². The van der Waals surface area contributed by atoms with Crippen LogP contribution in [0.1, 0.15) is 40.5 Å². The summed E-state index contributed by atoms with van der Waals surface area (Å²) in [6.07, 6.45) is 0.983. The first-order chi connectivity index (χ1) is 7.73. The predicted octanol–water partition coefficient (Wildman–Crippen LogP) is 0.803. The van der Waals surface area contributed by atoms with Gasteiger partial charge in [0.05, 0.1) is 0 Å². The molecule has 0 aliphatic heterocycles. The van der Waals surface area contributed by atoms with Crippen molar-refractivity contribution in [1.82, 2.24) is 0 Å². The number of ether oxygens (including phenoxy) is 1. The van der Waals surface area contributed by atoms with E-state index in [2.05, 4.69) is 4.74 Å². The second-order valence-corrected chi connectivity index (χ2v) is 5.21. The lowest BCUT2D eigenvalue weighted by atomic mass is 10.0. The van der Waals surface area contributed by atoms with Crippen LogP contribution in [-0.4, -0.2) is 24.0 Å². The molecule has 0 bridgehead atoms. The standard InChI is InChI=1S/C12H24N2O3/c1-7(2)5-9(13)11(15)17-12(16)10(14)6-8(3)4/h7-10H,5-6,13-14H2,1-4H3/t9-,10?/m0/s1. The second-order valence-electron chi connectivity index (χ2n) is 5.21. The molecule has 0 heterocycles. The van der Waals surface area contributed by atoms with E-state index in [1.807, 2.05) is 27.7 Å². The molecule has 1 unspecified atom stereocenters. The van der Waals surface area contributed by atoms with E-state index in [0.29, 0.717) is 12.8 Å². The van der Waals surface area contributed by atoms with Crippen LogP contribution in [0.15, 0.2) is 0 Å². The normalized spacial score (nSPS) is 14.8. The Balaban J connectivity index is 4.15. The van der Waals surface area contributed by atoms with Gasteiger partial charge in [-0.25, -0.2) is 9.59 Å². The van der Waals surface area contributed by atoms with Crippen LogP contribution in [0.25, 0.3) is 0 Å². The molecule has 4 N–H and O–H groups in total. The Hall–Kier alpha value is -0.940. The van der Waals surface area contributed by atoms with E-state index in [0.717, 1.165) is 0 Å². The van der Waals surface area contributed by atoms with Gasteiger partial charge in [-0.15, -0.1) is 0 Å². The van der Waals surface area contributed by atoms with E-state index >= 15 is 0 Å². The van der Waals surface area contributed by atoms with Crippen LogP contribution in [0.4, 0.5) is 0 Å². The Kier molecular flexibility index (Phi) is 6.99. The fraction of sp³-hybridized carbons (Fsp3) is 0.833. The van der Waals surface area contributed by atoms with Crippen LogP contribution >= 0.6 is 0 Å². The highest BCUT2D eigenvalue weighted by molar-refractivity contribution is 5.90. The molecule has 0 radical (unpaired) electrons. The maximum Gasteiger partial charge on any atom is 0.330 e. The third kappa shape index (κ3) is 7.07. The minimum Gasteiger partial charge on any atom is -0.391 e. The molecule has 17 heavy (non-hydrogen) atoms. The molecule has 0 saturated heterocycles. The van der Waals surface area contributed by atoms with Gasteiger partial charge < -0.3 is 16.2 Å². The third-order valence-electron chi connectivity index (χ3n) is 2.26. The lowest BCUT2D eigenvalue weighted by Gasteiger charge is -2.15. The van der Waals surface area contributed by atoms with Gasteiger partial charge in [0.25, 0.3) is 0 Å². The van der Waals surface area contributed by atoms with Crippen LogP contribution in [0, 0.1) is 11.8 Å². The van der Waals surface area contributed by atoms with Gasteiger partial charge >= 0.3 is 11.9 Å². The SMILES string of the molecule is CC(C)CC(N)C(=O)OC(=O)[C@@H](N)CC(C)C. The van der Waals surface area contributed by atoms with E-state index in [1.54, 1.807) is 0 Å². The number of hydrogen-bond acceptors (Lipinski definition) is 5. The Morgan fingerprint density at radius 3 is 1.41 bits per heavy atom. The van der Waals surface area contributed by atoms with Crippen molar-refractivity contribution >= 4 is 11.9 Å². The van der Waals surface area contributed by atoms with Crippen molar-refractivity contribution in [2.24, 2.45) is 23.3 Å².